The topological polar surface area (TPSA) is 98.7 Å². The number of rotatable bonds is 6. The molecule has 0 aromatic carbocycles. The highest BCUT2D eigenvalue weighted by atomic mass is 16.2. The van der Waals surface area contributed by atoms with Crippen molar-refractivity contribution in [1.82, 2.24) is 25.5 Å². The molecule has 1 atom stereocenters. The third-order valence-corrected chi connectivity index (χ3v) is 2.10. The number of nitrogens with one attached hydrogen (secondary N) is 1. The zero-order valence-corrected chi connectivity index (χ0v) is 9.63. The number of hydrogen-bond acceptors (Lipinski definition) is 5. The summed E-state index contributed by atoms with van der Waals surface area (Å²) in [4.78, 5) is 11.6. The Morgan fingerprint density at radius 1 is 1.56 bits per heavy atom. The minimum atomic E-state index is -0.122. The van der Waals surface area contributed by atoms with Crippen LogP contribution in [0.4, 0.5) is 0 Å². The lowest BCUT2D eigenvalue weighted by Crippen LogP contribution is -2.42. The Morgan fingerprint density at radius 3 is 2.81 bits per heavy atom. The fraction of sp³-hybridized carbons (Fsp3) is 0.778. The molecule has 0 aliphatic carbocycles. The van der Waals surface area contributed by atoms with Crippen molar-refractivity contribution in [3.8, 4) is 0 Å². The minimum Gasteiger partial charge on any atom is -0.350 e. The SMILES string of the molecule is CC(C)CC(CN)NC(=O)Cn1cnnn1. The molecular weight excluding hydrogens is 208 g/mol. The number of aromatic nitrogens is 4. The summed E-state index contributed by atoms with van der Waals surface area (Å²) in [5.74, 6) is 0.380. The largest absolute Gasteiger partial charge is 0.350 e. The molecule has 1 heterocycles. The van der Waals surface area contributed by atoms with E-state index in [9.17, 15) is 4.79 Å². The predicted octanol–water partition coefficient (Wildman–Crippen LogP) is -0.837. The molecule has 0 bridgehead atoms. The number of amides is 1. The van der Waals surface area contributed by atoms with E-state index in [0.29, 0.717) is 12.5 Å². The van der Waals surface area contributed by atoms with Crippen molar-refractivity contribution in [2.75, 3.05) is 6.54 Å². The van der Waals surface area contributed by atoms with Gasteiger partial charge < -0.3 is 11.1 Å². The van der Waals surface area contributed by atoms with Crippen molar-refractivity contribution in [3.63, 3.8) is 0 Å². The lowest BCUT2D eigenvalue weighted by atomic mass is 10.0. The fourth-order valence-electron chi connectivity index (χ4n) is 1.46. The van der Waals surface area contributed by atoms with Crippen LogP contribution in [0, 0.1) is 5.92 Å². The zero-order chi connectivity index (χ0) is 12.0. The molecule has 1 rings (SSSR count). The van der Waals surface area contributed by atoms with Crippen LogP contribution in [0.5, 0.6) is 0 Å². The average Bonchev–Trinajstić information content (AvgIpc) is 2.68. The van der Waals surface area contributed by atoms with Crippen molar-refractivity contribution >= 4 is 5.91 Å². The first-order chi connectivity index (χ1) is 7.61. The van der Waals surface area contributed by atoms with Crippen LogP contribution in [0.15, 0.2) is 6.33 Å². The van der Waals surface area contributed by atoms with E-state index in [1.54, 1.807) is 0 Å². The molecule has 3 N–H and O–H groups in total. The predicted molar refractivity (Wildman–Crippen MR) is 58.3 cm³/mol. The second-order valence-corrected chi connectivity index (χ2v) is 4.14. The van der Waals surface area contributed by atoms with Gasteiger partial charge in [-0.05, 0) is 22.8 Å². The first kappa shape index (κ1) is 12.6. The number of nitrogens with zero attached hydrogens (tertiary/aromatic N) is 4. The minimum absolute atomic E-state index is 0.0176. The molecule has 0 saturated carbocycles. The van der Waals surface area contributed by atoms with Crippen LogP contribution in [0.2, 0.25) is 0 Å². The molecule has 1 unspecified atom stereocenters. The number of carbonyl (C=O) groups is 1. The third-order valence-electron chi connectivity index (χ3n) is 2.10. The molecule has 16 heavy (non-hydrogen) atoms. The summed E-state index contributed by atoms with van der Waals surface area (Å²) in [6.45, 7) is 4.76. The van der Waals surface area contributed by atoms with Crippen LogP contribution in [0.1, 0.15) is 20.3 Å². The first-order valence-electron chi connectivity index (χ1n) is 5.32. The molecule has 0 saturated heterocycles. The molecule has 90 valence electrons. The Bertz CT molecular complexity index is 310. The van der Waals surface area contributed by atoms with E-state index in [1.807, 2.05) is 0 Å². The molecule has 0 fully saturated rings. The van der Waals surface area contributed by atoms with Crippen LogP contribution in [0.3, 0.4) is 0 Å². The maximum Gasteiger partial charge on any atom is 0.242 e. The zero-order valence-electron chi connectivity index (χ0n) is 9.63. The Kier molecular flexibility index (Phi) is 4.84. The van der Waals surface area contributed by atoms with Crippen molar-refractivity contribution in [3.05, 3.63) is 6.33 Å². The summed E-state index contributed by atoms with van der Waals surface area (Å²) in [5.41, 5.74) is 5.58. The molecular formula is C9H18N6O. The smallest absolute Gasteiger partial charge is 0.242 e. The Balaban J connectivity index is 2.37. The summed E-state index contributed by atoms with van der Waals surface area (Å²) in [6.07, 6.45) is 2.28. The van der Waals surface area contributed by atoms with Crippen molar-refractivity contribution < 1.29 is 4.79 Å². The average molecular weight is 226 g/mol. The van der Waals surface area contributed by atoms with Crippen molar-refractivity contribution in [1.29, 1.82) is 0 Å². The van der Waals surface area contributed by atoms with Gasteiger partial charge in [-0.15, -0.1) is 5.10 Å². The Morgan fingerprint density at radius 2 is 2.31 bits per heavy atom. The summed E-state index contributed by atoms with van der Waals surface area (Å²) in [7, 11) is 0. The van der Waals surface area contributed by atoms with Gasteiger partial charge in [-0.25, -0.2) is 4.68 Å². The highest BCUT2D eigenvalue weighted by Crippen LogP contribution is 2.03. The summed E-state index contributed by atoms with van der Waals surface area (Å²) >= 11 is 0. The number of carbonyl (C=O) groups excluding carboxylic acids is 1. The van der Waals surface area contributed by atoms with Crippen molar-refractivity contribution in [2.45, 2.75) is 32.9 Å². The maximum atomic E-state index is 11.6. The van der Waals surface area contributed by atoms with Crippen LogP contribution in [0.25, 0.3) is 0 Å². The standard InChI is InChI=1S/C9H18N6O/c1-7(2)3-8(4-10)12-9(16)5-15-6-11-13-14-15/h6-8H,3-5,10H2,1-2H3,(H,12,16). The molecule has 1 aromatic rings. The van der Waals surface area contributed by atoms with Gasteiger partial charge in [0.2, 0.25) is 5.91 Å². The van der Waals surface area contributed by atoms with Gasteiger partial charge in [0, 0.05) is 12.6 Å². The van der Waals surface area contributed by atoms with Gasteiger partial charge >= 0.3 is 0 Å². The van der Waals surface area contributed by atoms with Gasteiger partial charge in [-0.3, -0.25) is 4.79 Å². The number of tetrazole rings is 1. The Labute approximate surface area is 94.4 Å². The van der Waals surface area contributed by atoms with E-state index in [0.717, 1.165) is 6.42 Å². The maximum absolute atomic E-state index is 11.6. The second-order valence-electron chi connectivity index (χ2n) is 4.14. The quantitative estimate of drug-likeness (QED) is 0.659. The van der Waals surface area contributed by atoms with E-state index in [4.69, 9.17) is 5.73 Å². The normalized spacial score (nSPS) is 12.8. The summed E-state index contributed by atoms with van der Waals surface area (Å²) in [6, 6.07) is 0.0176. The molecule has 1 amide bonds. The summed E-state index contributed by atoms with van der Waals surface area (Å²) < 4.78 is 1.37. The van der Waals surface area contributed by atoms with Gasteiger partial charge in [-0.2, -0.15) is 0 Å². The second kappa shape index (κ2) is 6.16. The first-order valence-corrected chi connectivity index (χ1v) is 5.32. The van der Waals surface area contributed by atoms with Crippen LogP contribution in [-0.4, -0.2) is 38.7 Å². The van der Waals surface area contributed by atoms with Crippen LogP contribution >= 0.6 is 0 Å². The lowest BCUT2D eigenvalue weighted by Gasteiger charge is -2.18. The van der Waals surface area contributed by atoms with Gasteiger partial charge in [0.05, 0.1) is 0 Å². The molecule has 7 heteroatoms. The third kappa shape index (κ3) is 4.35. The van der Waals surface area contributed by atoms with E-state index in [2.05, 4.69) is 34.7 Å². The number of nitrogens with two attached hydrogens (primary N) is 1. The molecule has 0 radical (unpaired) electrons. The Hall–Kier alpha value is -1.50. The highest BCUT2D eigenvalue weighted by molar-refractivity contribution is 5.75. The van der Waals surface area contributed by atoms with Gasteiger partial charge in [0.15, 0.2) is 0 Å². The van der Waals surface area contributed by atoms with Crippen LogP contribution in [-0.2, 0) is 11.3 Å². The lowest BCUT2D eigenvalue weighted by molar-refractivity contribution is -0.122. The van der Waals surface area contributed by atoms with E-state index < -0.39 is 0 Å². The van der Waals surface area contributed by atoms with Gasteiger partial charge in [-0.1, -0.05) is 13.8 Å². The van der Waals surface area contributed by atoms with Gasteiger partial charge in [0.1, 0.15) is 12.9 Å². The van der Waals surface area contributed by atoms with E-state index in [-0.39, 0.29) is 18.5 Å². The molecule has 0 aliphatic heterocycles. The molecule has 0 spiro atoms. The van der Waals surface area contributed by atoms with Gasteiger partial charge in [0.25, 0.3) is 0 Å². The highest BCUT2D eigenvalue weighted by Gasteiger charge is 2.12. The molecule has 0 aliphatic rings. The monoisotopic (exact) mass is 226 g/mol. The van der Waals surface area contributed by atoms with Crippen LogP contribution < -0.4 is 11.1 Å². The fourth-order valence-corrected chi connectivity index (χ4v) is 1.46. The molecule has 7 nitrogen and oxygen atoms in total. The van der Waals surface area contributed by atoms with E-state index >= 15 is 0 Å². The van der Waals surface area contributed by atoms with E-state index in [1.165, 1.54) is 11.0 Å². The van der Waals surface area contributed by atoms with Crippen molar-refractivity contribution in [2.24, 2.45) is 11.7 Å². The number of hydrogen-bond donors (Lipinski definition) is 2. The molecule has 1 aromatic heterocycles. The summed E-state index contributed by atoms with van der Waals surface area (Å²) in [5, 5.41) is 13.4.